The molecule has 0 aliphatic carbocycles. The molecule has 0 radical (unpaired) electrons. The minimum absolute atomic E-state index is 0.287. The number of hydrogen-bond acceptors (Lipinski definition) is 2. The lowest BCUT2D eigenvalue weighted by Gasteiger charge is -2.07. The van der Waals surface area contributed by atoms with Gasteiger partial charge in [-0.3, -0.25) is 4.68 Å². The molecular formula is C12H13ClFN3. The zero-order chi connectivity index (χ0) is 12.6. The summed E-state index contributed by atoms with van der Waals surface area (Å²) in [5.41, 5.74) is 8.46. The molecule has 1 aromatic heterocycles. The van der Waals surface area contributed by atoms with Crippen LogP contribution in [0, 0.1) is 19.7 Å². The zero-order valence-corrected chi connectivity index (χ0v) is 10.4. The van der Waals surface area contributed by atoms with Gasteiger partial charge >= 0.3 is 0 Å². The fourth-order valence-electron chi connectivity index (χ4n) is 1.70. The second kappa shape index (κ2) is 4.37. The number of halogens is 2. The molecule has 2 N–H and O–H groups in total. The quantitative estimate of drug-likeness (QED) is 0.894. The van der Waals surface area contributed by atoms with Gasteiger partial charge in [0.25, 0.3) is 0 Å². The summed E-state index contributed by atoms with van der Waals surface area (Å²) < 4.78 is 15.3. The Morgan fingerprint density at radius 1 is 1.41 bits per heavy atom. The summed E-state index contributed by atoms with van der Waals surface area (Å²) in [7, 11) is 0. The van der Waals surface area contributed by atoms with Gasteiger partial charge in [-0.25, -0.2) is 4.39 Å². The number of nitrogens with zero attached hydrogens (tertiary/aromatic N) is 2. The van der Waals surface area contributed by atoms with Crippen molar-refractivity contribution in [2.45, 2.75) is 20.4 Å². The molecule has 0 bridgehead atoms. The number of aromatic nitrogens is 2. The van der Waals surface area contributed by atoms with E-state index in [2.05, 4.69) is 5.10 Å². The first-order chi connectivity index (χ1) is 8.00. The molecule has 3 nitrogen and oxygen atoms in total. The molecule has 0 aliphatic heterocycles. The minimum Gasteiger partial charge on any atom is -0.396 e. The summed E-state index contributed by atoms with van der Waals surface area (Å²) in [6.07, 6.45) is 0. The molecule has 0 spiro atoms. The average molecular weight is 254 g/mol. The highest BCUT2D eigenvalue weighted by atomic mass is 35.5. The summed E-state index contributed by atoms with van der Waals surface area (Å²) in [6.45, 7) is 3.96. The molecule has 0 saturated carbocycles. The number of nitrogens with two attached hydrogens (primary N) is 1. The Bertz CT molecular complexity index is 543. The van der Waals surface area contributed by atoms with E-state index in [1.807, 2.05) is 13.8 Å². The SMILES string of the molecule is Cc1nn(Cc2c(F)cccc2Cl)c(C)c1N. The maximum atomic E-state index is 13.6. The molecule has 2 rings (SSSR count). The highest BCUT2D eigenvalue weighted by Crippen LogP contribution is 2.22. The number of benzene rings is 1. The van der Waals surface area contributed by atoms with Gasteiger partial charge in [-0.15, -0.1) is 0 Å². The van der Waals surface area contributed by atoms with E-state index in [-0.39, 0.29) is 12.4 Å². The Labute approximate surface area is 104 Å². The van der Waals surface area contributed by atoms with Crippen molar-refractivity contribution in [3.63, 3.8) is 0 Å². The number of rotatable bonds is 2. The lowest BCUT2D eigenvalue weighted by Crippen LogP contribution is -2.06. The molecule has 0 fully saturated rings. The van der Waals surface area contributed by atoms with E-state index in [0.29, 0.717) is 16.3 Å². The molecule has 0 saturated heterocycles. The standard InChI is InChI=1S/C12H13ClFN3/c1-7-12(15)8(2)17(16-7)6-9-10(13)4-3-5-11(9)14/h3-5H,6,15H2,1-2H3. The lowest BCUT2D eigenvalue weighted by atomic mass is 10.2. The van der Waals surface area contributed by atoms with E-state index in [1.54, 1.807) is 16.8 Å². The highest BCUT2D eigenvalue weighted by Gasteiger charge is 2.12. The van der Waals surface area contributed by atoms with Crippen LogP contribution in [0.25, 0.3) is 0 Å². The first kappa shape index (κ1) is 11.9. The van der Waals surface area contributed by atoms with Crippen molar-refractivity contribution in [1.82, 2.24) is 9.78 Å². The second-order valence-corrected chi connectivity index (χ2v) is 4.35. The van der Waals surface area contributed by atoms with Crippen LogP contribution in [0.2, 0.25) is 5.02 Å². The van der Waals surface area contributed by atoms with Gasteiger partial charge < -0.3 is 5.73 Å². The molecule has 90 valence electrons. The number of anilines is 1. The van der Waals surface area contributed by atoms with E-state index in [0.717, 1.165) is 11.4 Å². The van der Waals surface area contributed by atoms with Gasteiger partial charge in [0.05, 0.1) is 23.6 Å². The summed E-state index contributed by atoms with van der Waals surface area (Å²) in [5.74, 6) is -0.330. The smallest absolute Gasteiger partial charge is 0.129 e. The van der Waals surface area contributed by atoms with Crippen molar-refractivity contribution in [3.05, 3.63) is 46.0 Å². The normalized spacial score (nSPS) is 10.8. The fourth-order valence-corrected chi connectivity index (χ4v) is 1.92. The average Bonchev–Trinajstić information content (AvgIpc) is 2.52. The largest absolute Gasteiger partial charge is 0.396 e. The monoisotopic (exact) mass is 253 g/mol. The Morgan fingerprint density at radius 3 is 2.65 bits per heavy atom. The van der Waals surface area contributed by atoms with Crippen molar-refractivity contribution < 1.29 is 4.39 Å². The Morgan fingerprint density at radius 2 is 2.12 bits per heavy atom. The van der Waals surface area contributed by atoms with Crippen LogP contribution in [0.15, 0.2) is 18.2 Å². The van der Waals surface area contributed by atoms with Gasteiger partial charge in [0.2, 0.25) is 0 Å². The van der Waals surface area contributed by atoms with Crippen LogP contribution < -0.4 is 5.73 Å². The van der Waals surface area contributed by atoms with Gasteiger partial charge in [0, 0.05) is 10.6 Å². The van der Waals surface area contributed by atoms with Crippen molar-refractivity contribution in [1.29, 1.82) is 0 Å². The van der Waals surface area contributed by atoms with Crippen molar-refractivity contribution in [3.8, 4) is 0 Å². The predicted molar refractivity (Wildman–Crippen MR) is 66.6 cm³/mol. The molecule has 0 unspecified atom stereocenters. The number of nitrogen functional groups attached to an aromatic ring is 1. The summed E-state index contributed by atoms with van der Waals surface area (Å²) in [5, 5.41) is 4.65. The van der Waals surface area contributed by atoms with E-state index in [9.17, 15) is 4.39 Å². The maximum Gasteiger partial charge on any atom is 0.129 e. The number of aryl methyl sites for hydroxylation is 1. The van der Waals surface area contributed by atoms with Crippen LogP contribution in [0.5, 0.6) is 0 Å². The van der Waals surface area contributed by atoms with Crippen molar-refractivity contribution in [2.75, 3.05) is 5.73 Å². The van der Waals surface area contributed by atoms with Crippen molar-refractivity contribution >= 4 is 17.3 Å². The molecule has 1 heterocycles. The van der Waals surface area contributed by atoms with Gasteiger partial charge in [-0.1, -0.05) is 17.7 Å². The molecule has 0 atom stereocenters. The second-order valence-electron chi connectivity index (χ2n) is 3.94. The van der Waals surface area contributed by atoms with Crippen LogP contribution in [0.4, 0.5) is 10.1 Å². The summed E-state index contributed by atoms with van der Waals surface area (Å²) in [4.78, 5) is 0. The molecule has 5 heteroatoms. The highest BCUT2D eigenvalue weighted by molar-refractivity contribution is 6.31. The minimum atomic E-state index is -0.330. The summed E-state index contributed by atoms with van der Waals surface area (Å²) in [6, 6.07) is 4.63. The van der Waals surface area contributed by atoms with E-state index >= 15 is 0 Å². The summed E-state index contributed by atoms with van der Waals surface area (Å²) >= 11 is 5.97. The first-order valence-electron chi connectivity index (χ1n) is 5.23. The van der Waals surface area contributed by atoms with Crippen LogP contribution in [0.3, 0.4) is 0 Å². The van der Waals surface area contributed by atoms with Crippen LogP contribution >= 0.6 is 11.6 Å². The third kappa shape index (κ3) is 2.13. The Hall–Kier alpha value is -1.55. The van der Waals surface area contributed by atoms with Gasteiger partial charge in [0.15, 0.2) is 0 Å². The topological polar surface area (TPSA) is 43.8 Å². The zero-order valence-electron chi connectivity index (χ0n) is 9.67. The van der Waals surface area contributed by atoms with E-state index in [4.69, 9.17) is 17.3 Å². The van der Waals surface area contributed by atoms with Crippen LogP contribution in [0.1, 0.15) is 17.0 Å². The van der Waals surface area contributed by atoms with Gasteiger partial charge in [-0.2, -0.15) is 5.10 Å². The molecular weight excluding hydrogens is 241 g/mol. The molecule has 2 aromatic rings. The molecule has 0 amide bonds. The molecule has 17 heavy (non-hydrogen) atoms. The van der Waals surface area contributed by atoms with Crippen LogP contribution in [-0.4, -0.2) is 9.78 Å². The lowest BCUT2D eigenvalue weighted by molar-refractivity contribution is 0.579. The Balaban J connectivity index is 2.41. The Kier molecular flexibility index (Phi) is 3.07. The van der Waals surface area contributed by atoms with Gasteiger partial charge in [0.1, 0.15) is 5.82 Å². The molecule has 0 aliphatic rings. The third-order valence-electron chi connectivity index (χ3n) is 2.81. The van der Waals surface area contributed by atoms with Crippen LogP contribution in [-0.2, 0) is 6.54 Å². The van der Waals surface area contributed by atoms with E-state index < -0.39 is 0 Å². The van der Waals surface area contributed by atoms with Crippen molar-refractivity contribution in [2.24, 2.45) is 0 Å². The predicted octanol–water partition coefficient (Wildman–Crippen LogP) is 2.92. The third-order valence-corrected chi connectivity index (χ3v) is 3.16. The fraction of sp³-hybridized carbons (Fsp3) is 0.250. The number of hydrogen-bond donors (Lipinski definition) is 1. The maximum absolute atomic E-state index is 13.6. The van der Waals surface area contributed by atoms with E-state index in [1.165, 1.54) is 6.07 Å². The first-order valence-corrected chi connectivity index (χ1v) is 5.61. The van der Waals surface area contributed by atoms with Gasteiger partial charge in [-0.05, 0) is 26.0 Å². The molecule has 1 aromatic carbocycles.